The van der Waals surface area contributed by atoms with Crippen molar-refractivity contribution in [2.45, 2.75) is 23.0 Å². The Hall–Kier alpha value is -3.19. The lowest BCUT2D eigenvalue weighted by Gasteiger charge is -2.40. The van der Waals surface area contributed by atoms with Gasteiger partial charge in [-0.05, 0) is 23.3 Å². The quantitative estimate of drug-likeness (QED) is 0.225. The maximum absolute atomic E-state index is 14.0. The molecule has 7 heteroatoms. The van der Waals surface area contributed by atoms with Gasteiger partial charge in [0.25, 0.3) is 0 Å². The molecule has 4 aromatic rings. The molecular formula is C31H25Cl2NO4. The van der Waals surface area contributed by atoms with Gasteiger partial charge in [-0.1, -0.05) is 114 Å². The average Bonchev–Trinajstić information content (AvgIpc) is 3.63. The Morgan fingerprint density at radius 1 is 0.763 bits per heavy atom. The van der Waals surface area contributed by atoms with Gasteiger partial charge in [0.15, 0.2) is 11.1 Å². The number of esters is 1. The molecular weight excluding hydrogens is 521 g/mol. The van der Waals surface area contributed by atoms with E-state index in [1.165, 1.54) is 7.11 Å². The van der Waals surface area contributed by atoms with Crippen molar-refractivity contribution in [3.63, 3.8) is 0 Å². The van der Waals surface area contributed by atoms with Crippen LogP contribution in [0.5, 0.6) is 0 Å². The van der Waals surface area contributed by atoms with Gasteiger partial charge in [0.2, 0.25) is 5.79 Å². The third-order valence-corrected chi connectivity index (χ3v) is 8.31. The summed E-state index contributed by atoms with van der Waals surface area (Å²) in [6.07, 6.45) is 0. The second kappa shape index (κ2) is 9.23. The number of ether oxygens (including phenoxy) is 3. The monoisotopic (exact) mass is 545 g/mol. The number of halogens is 2. The second-order valence-electron chi connectivity index (χ2n) is 9.39. The van der Waals surface area contributed by atoms with E-state index < -0.39 is 28.9 Å². The number of nitrogens with one attached hydrogen (secondary N) is 1. The predicted octanol–water partition coefficient (Wildman–Crippen LogP) is 6.37. The highest BCUT2D eigenvalue weighted by atomic mass is 35.5. The van der Waals surface area contributed by atoms with Crippen LogP contribution in [0.25, 0.3) is 0 Å². The van der Waals surface area contributed by atoms with Crippen LogP contribution in [0.1, 0.15) is 33.9 Å². The molecule has 2 aliphatic heterocycles. The maximum Gasteiger partial charge on any atom is 0.331 e. The van der Waals surface area contributed by atoms with Gasteiger partial charge in [-0.25, -0.2) is 4.79 Å². The fourth-order valence-corrected chi connectivity index (χ4v) is 6.62. The number of rotatable bonds is 6. The average molecular weight is 546 g/mol. The fraction of sp³-hybridized carbons (Fsp3) is 0.194. The van der Waals surface area contributed by atoms with Gasteiger partial charge in [-0.15, -0.1) is 0 Å². The Bertz CT molecular complexity index is 1490. The smallest absolute Gasteiger partial charge is 0.331 e. The van der Waals surface area contributed by atoms with E-state index in [-0.39, 0.29) is 0 Å². The Balaban J connectivity index is 1.70. The number of carbonyl (C=O) groups excluding carboxylic acids is 1. The van der Waals surface area contributed by atoms with Gasteiger partial charge < -0.3 is 14.2 Å². The summed E-state index contributed by atoms with van der Waals surface area (Å²) in [4.78, 5) is 14.0. The van der Waals surface area contributed by atoms with Crippen molar-refractivity contribution in [1.29, 1.82) is 0 Å². The molecule has 2 aliphatic rings. The lowest BCUT2D eigenvalue weighted by molar-refractivity contribution is -0.247. The van der Waals surface area contributed by atoms with E-state index in [2.05, 4.69) is 5.32 Å². The van der Waals surface area contributed by atoms with Gasteiger partial charge in [0.1, 0.15) is 0 Å². The standard InChI is InChI=1S/C31H25Cl2NO4/c1-36-28(35)29(27(34-29)26-24(32)18-11-19-25(26)33)30(20-12-5-3-6-13-20)22-16-9-10-17-23(22)31(37-2,38-30)21-14-7-4-8-15-21/h3-19,27,34H,1-2H3/t27-,29-,30-,31-/m0/s1. The summed E-state index contributed by atoms with van der Waals surface area (Å²) < 4.78 is 19.0. The molecule has 6 rings (SSSR count). The number of methoxy groups -OCH3 is 2. The van der Waals surface area contributed by atoms with Crippen LogP contribution in [-0.2, 0) is 30.4 Å². The summed E-state index contributed by atoms with van der Waals surface area (Å²) in [5.41, 5.74) is 0.928. The minimum absolute atomic E-state index is 0.441. The molecule has 38 heavy (non-hydrogen) atoms. The molecule has 1 fully saturated rings. The Morgan fingerprint density at radius 2 is 1.32 bits per heavy atom. The normalized spacial score (nSPS) is 27.5. The second-order valence-corrected chi connectivity index (χ2v) is 10.2. The van der Waals surface area contributed by atoms with Crippen molar-refractivity contribution in [1.82, 2.24) is 5.32 Å². The first-order valence-electron chi connectivity index (χ1n) is 12.2. The summed E-state index contributed by atoms with van der Waals surface area (Å²) in [5, 5.41) is 4.32. The fourth-order valence-electron chi connectivity index (χ4n) is 6.00. The Morgan fingerprint density at radius 3 is 1.89 bits per heavy atom. The zero-order valence-corrected chi connectivity index (χ0v) is 22.3. The highest BCUT2D eigenvalue weighted by Crippen LogP contribution is 2.66. The molecule has 0 saturated carbocycles. The minimum atomic E-state index is -1.41. The van der Waals surface area contributed by atoms with E-state index in [1.54, 1.807) is 25.3 Å². The number of carbonyl (C=O) groups is 1. The van der Waals surface area contributed by atoms with Crippen LogP contribution < -0.4 is 5.32 Å². The zero-order chi connectivity index (χ0) is 26.5. The van der Waals surface area contributed by atoms with Gasteiger partial charge in [-0.2, -0.15) is 0 Å². The van der Waals surface area contributed by atoms with Crippen LogP contribution in [0.2, 0.25) is 10.0 Å². The van der Waals surface area contributed by atoms with Crippen LogP contribution in [0.4, 0.5) is 0 Å². The summed E-state index contributed by atoms with van der Waals surface area (Å²) in [5.74, 6) is -1.81. The van der Waals surface area contributed by atoms with Gasteiger partial charge >= 0.3 is 5.97 Å². The van der Waals surface area contributed by atoms with Crippen molar-refractivity contribution in [3.8, 4) is 0 Å². The van der Waals surface area contributed by atoms with Crippen LogP contribution in [0, 0.1) is 0 Å². The molecule has 2 heterocycles. The topological polar surface area (TPSA) is 66.7 Å². The summed E-state index contributed by atoms with van der Waals surface area (Å²) in [6.45, 7) is 0. The van der Waals surface area contributed by atoms with Gasteiger partial charge in [0.05, 0.1) is 13.2 Å². The number of hydrogen-bond donors (Lipinski definition) is 1. The molecule has 0 aromatic heterocycles. The molecule has 0 bridgehead atoms. The van der Waals surface area contributed by atoms with Crippen LogP contribution in [-0.4, -0.2) is 25.7 Å². The highest BCUT2D eigenvalue weighted by molar-refractivity contribution is 6.36. The predicted molar refractivity (Wildman–Crippen MR) is 146 cm³/mol. The van der Waals surface area contributed by atoms with Gasteiger partial charge in [0, 0.05) is 33.8 Å². The number of benzene rings is 4. The Kier molecular flexibility index (Phi) is 6.10. The van der Waals surface area contributed by atoms with E-state index in [9.17, 15) is 4.79 Å². The van der Waals surface area contributed by atoms with E-state index in [0.29, 0.717) is 15.6 Å². The molecule has 0 spiro atoms. The molecule has 4 atom stereocenters. The highest BCUT2D eigenvalue weighted by Gasteiger charge is 2.79. The van der Waals surface area contributed by atoms with Crippen LogP contribution in [0.3, 0.4) is 0 Å². The third-order valence-electron chi connectivity index (χ3n) is 7.65. The molecule has 0 aliphatic carbocycles. The molecule has 0 amide bonds. The van der Waals surface area contributed by atoms with Crippen molar-refractivity contribution in [3.05, 3.63) is 141 Å². The Labute approximate surface area is 231 Å². The molecule has 0 radical (unpaired) electrons. The third kappa shape index (κ3) is 3.27. The van der Waals surface area contributed by atoms with Crippen LogP contribution in [0.15, 0.2) is 103 Å². The van der Waals surface area contributed by atoms with E-state index >= 15 is 0 Å². The maximum atomic E-state index is 14.0. The summed E-state index contributed by atoms with van der Waals surface area (Å²) in [6, 6.07) is 31.9. The van der Waals surface area contributed by atoms with E-state index in [0.717, 1.165) is 22.3 Å². The molecule has 4 aromatic carbocycles. The van der Waals surface area contributed by atoms with Crippen LogP contribution >= 0.6 is 23.2 Å². The zero-order valence-electron chi connectivity index (χ0n) is 20.8. The lowest BCUT2D eigenvalue weighted by atomic mass is 9.72. The van der Waals surface area contributed by atoms with Crippen molar-refractivity contribution in [2.75, 3.05) is 14.2 Å². The first kappa shape index (κ1) is 25.1. The molecule has 5 nitrogen and oxygen atoms in total. The minimum Gasteiger partial charge on any atom is -0.467 e. The van der Waals surface area contributed by atoms with E-state index in [4.69, 9.17) is 37.4 Å². The van der Waals surface area contributed by atoms with Crippen molar-refractivity contribution >= 4 is 29.2 Å². The molecule has 1 saturated heterocycles. The summed E-state index contributed by atoms with van der Waals surface area (Å²) >= 11 is 13.4. The molecule has 1 N–H and O–H groups in total. The molecule has 0 unspecified atom stereocenters. The first-order chi connectivity index (χ1) is 18.5. The molecule has 192 valence electrons. The number of hydrogen-bond acceptors (Lipinski definition) is 5. The van der Waals surface area contributed by atoms with Gasteiger partial charge in [-0.3, -0.25) is 5.32 Å². The first-order valence-corrected chi connectivity index (χ1v) is 13.0. The SMILES string of the molecule is COC(=O)[C@@]1([C@@]2(c3ccccc3)O[C@@](OC)(c3ccccc3)c3ccccc32)N[C@H]1c1c(Cl)cccc1Cl. The number of fused-ring (bicyclic) bond motifs is 1. The lowest BCUT2D eigenvalue weighted by Crippen LogP contribution is -2.53. The largest absolute Gasteiger partial charge is 0.467 e. The summed E-state index contributed by atoms with van der Waals surface area (Å²) in [7, 11) is 2.98. The van der Waals surface area contributed by atoms with Crippen molar-refractivity contribution < 1.29 is 19.0 Å². The van der Waals surface area contributed by atoms with E-state index in [1.807, 2.05) is 84.9 Å². The van der Waals surface area contributed by atoms with Crippen molar-refractivity contribution in [2.24, 2.45) is 0 Å².